The highest BCUT2D eigenvalue weighted by atomic mass is 19.4. The predicted octanol–water partition coefficient (Wildman–Crippen LogP) is 2.47. The van der Waals surface area contributed by atoms with E-state index in [0.29, 0.717) is 6.07 Å². The number of alkyl halides is 3. The molecule has 0 radical (unpaired) electrons. The van der Waals surface area contributed by atoms with Gasteiger partial charge >= 0.3 is 17.8 Å². The summed E-state index contributed by atoms with van der Waals surface area (Å²) in [7, 11) is 0. The maximum absolute atomic E-state index is 12.7. The molecule has 1 aromatic rings. The zero-order valence-corrected chi connectivity index (χ0v) is 8.88. The summed E-state index contributed by atoms with van der Waals surface area (Å²) in [6.07, 6.45) is -4.83. The van der Waals surface area contributed by atoms with Gasteiger partial charge in [-0.05, 0) is 6.07 Å². The van der Waals surface area contributed by atoms with E-state index in [1.54, 1.807) is 0 Å². The Morgan fingerprint density at radius 2 is 1.95 bits per heavy atom. The zero-order valence-electron chi connectivity index (χ0n) is 8.88. The molecule has 7 nitrogen and oxygen atoms in total. The first-order chi connectivity index (χ1) is 8.69. The number of nitro groups is 1. The van der Waals surface area contributed by atoms with Crippen LogP contribution in [0.4, 0.5) is 18.9 Å². The lowest BCUT2D eigenvalue weighted by Gasteiger charge is -2.14. The fraction of sp³-hybridized carbons (Fsp3) is 0.222. The second kappa shape index (κ2) is 3.73. The van der Waals surface area contributed by atoms with E-state index in [9.17, 15) is 28.1 Å². The van der Waals surface area contributed by atoms with Gasteiger partial charge in [-0.15, -0.1) is 10.2 Å². The summed E-state index contributed by atoms with van der Waals surface area (Å²) >= 11 is 0. The van der Waals surface area contributed by atoms with Gasteiger partial charge in [-0.25, -0.2) is 4.79 Å². The lowest BCUT2D eigenvalue weighted by molar-refractivity contribution is -0.385. The van der Waals surface area contributed by atoms with Crippen LogP contribution in [0.1, 0.15) is 15.9 Å². The first kappa shape index (κ1) is 12.9. The van der Waals surface area contributed by atoms with Crippen molar-refractivity contribution in [3.8, 4) is 0 Å². The van der Waals surface area contributed by atoms with Crippen LogP contribution in [0.3, 0.4) is 0 Å². The second-order valence-corrected chi connectivity index (χ2v) is 3.66. The molecule has 1 heterocycles. The number of rotatable bonds is 3. The first-order valence-corrected chi connectivity index (χ1v) is 4.72. The average molecular weight is 275 g/mol. The molecule has 0 amide bonds. The normalized spacial score (nSPS) is 16.2. The standard InChI is InChI=1S/C9H4F3N3O4/c10-9(11,12)8(13-14-8)4-1-2-5(7(16)17)6(3-4)15(18)19/h1-3H,(H,16,17). The molecule has 0 saturated carbocycles. The molecule has 0 spiro atoms. The Morgan fingerprint density at radius 1 is 1.37 bits per heavy atom. The molecule has 0 bridgehead atoms. The smallest absolute Gasteiger partial charge is 0.442 e. The second-order valence-electron chi connectivity index (χ2n) is 3.66. The number of aromatic carboxylic acids is 1. The molecule has 1 aromatic carbocycles. The maximum Gasteiger partial charge on any atom is 0.442 e. The van der Waals surface area contributed by atoms with Crippen molar-refractivity contribution < 1.29 is 28.0 Å². The highest BCUT2D eigenvalue weighted by Gasteiger charge is 2.65. The van der Waals surface area contributed by atoms with E-state index in [1.165, 1.54) is 0 Å². The molecular formula is C9H4F3N3O4. The molecule has 0 aromatic heterocycles. The highest BCUT2D eigenvalue weighted by Crippen LogP contribution is 2.52. The Hall–Kier alpha value is -2.52. The zero-order chi connectivity index (χ0) is 14.4. The van der Waals surface area contributed by atoms with Crippen LogP contribution < -0.4 is 0 Å². The Balaban J connectivity index is 2.54. The van der Waals surface area contributed by atoms with E-state index < -0.39 is 39.5 Å². The quantitative estimate of drug-likeness (QED) is 0.675. The van der Waals surface area contributed by atoms with Crippen molar-refractivity contribution in [3.05, 3.63) is 39.4 Å². The molecule has 0 unspecified atom stereocenters. The number of hydrogen-bond acceptors (Lipinski definition) is 5. The monoisotopic (exact) mass is 275 g/mol. The highest BCUT2D eigenvalue weighted by molar-refractivity contribution is 5.92. The van der Waals surface area contributed by atoms with Crippen molar-refractivity contribution in [2.24, 2.45) is 10.2 Å². The molecule has 1 aliphatic heterocycles. The lowest BCUT2D eigenvalue weighted by atomic mass is 10.00. The van der Waals surface area contributed by atoms with Crippen molar-refractivity contribution in [2.75, 3.05) is 0 Å². The Labute approximate surface area is 102 Å². The van der Waals surface area contributed by atoms with Crippen LogP contribution in [0.15, 0.2) is 28.4 Å². The SMILES string of the molecule is O=C(O)c1ccc(C2(C(F)(F)F)N=N2)cc1[N+](=O)[O-]. The molecule has 0 saturated heterocycles. The summed E-state index contributed by atoms with van der Waals surface area (Å²) in [6, 6.07) is 2.06. The number of hydrogen-bond donors (Lipinski definition) is 1. The Bertz CT molecular complexity index is 605. The van der Waals surface area contributed by atoms with E-state index in [2.05, 4.69) is 10.2 Å². The minimum atomic E-state index is -4.83. The largest absolute Gasteiger partial charge is 0.477 e. The van der Waals surface area contributed by atoms with E-state index >= 15 is 0 Å². The summed E-state index contributed by atoms with van der Waals surface area (Å²) in [6.45, 7) is 0. The number of carbonyl (C=O) groups is 1. The molecule has 19 heavy (non-hydrogen) atoms. The van der Waals surface area contributed by atoms with Crippen LogP contribution >= 0.6 is 0 Å². The molecule has 1 aliphatic rings. The fourth-order valence-corrected chi connectivity index (χ4v) is 1.52. The summed E-state index contributed by atoms with van der Waals surface area (Å²) in [5.41, 5.74) is -5.04. The van der Waals surface area contributed by atoms with E-state index in [0.717, 1.165) is 12.1 Å². The minimum absolute atomic E-state index is 0.525. The van der Waals surface area contributed by atoms with Gasteiger partial charge in [0.25, 0.3) is 5.69 Å². The summed E-state index contributed by atoms with van der Waals surface area (Å²) in [4.78, 5) is 20.3. The van der Waals surface area contributed by atoms with Crippen molar-refractivity contribution in [1.29, 1.82) is 0 Å². The van der Waals surface area contributed by atoms with Crippen molar-refractivity contribution in [3.63, 3.8) is 0 Å². The number of halogens is 3. The summed E-state index contributed by atoms with van der Waals surface area (Å²) in [5.74, 6) is -1.61. The number of benzene rings is 1. The molecule has 0 atom stereocenters. The third kappa shape index (κ3) is 1.90. The first-order valence-electron chi connectivity index (χ1n) is 4.72. The van der Waals surface area contributed by atoms with Gasteiger partial charge in [0.2, 0.25) is 0 Å². The Kier molecular flexibility index (Phi) is 2.54. The van der Waals surface area contributed by atoms with Crippen molar-refractivity contribution in [2.45, 2.75) is 11.8 Å². The van der Waals surface area contributed by atoms with Gasteiger partial charge in [0.1, 0.15) is 5.56 Å². The molecule has 10 heteroatoms. The molecular weight excluding hydrogens is 271 g/mol. The predicted molar refractivity (Wildman–Crippen MR) is 52.6 cm³/mol. The lowest BCUT2D eigenvalue weighted by Crippen LogP contribution is -2.30. The van der Waals surface area contributed by atoms with Crippen LogP contribution in [0, 0.1) is 10.1 Å². The third-order valence-electron chi connectivity index (χ3n) is 2.52. The summed E-state index contributed by atoms with van der Waals surface area (Å²) in [5, 5.41) is 25.1. The van der Waals surface area contributed by atoms with Gasteiger partial charge < -0.3 is 5.11 Å². The average Bonchev–Trinajstić information content (AvgIpc) is 3.08. The van der Waals surface area contributed by atoms with Gasteiger partial charge in [-0.3, -0.25) is 10.1 Å². The number of carboxylic acid groups (broad SMARTS) is 1. The van der Waals surface area contributed by atoms with E-state index in [-0.39, 0.29) is 0 Å². The van der Waals surface area contributed by atoms with Gasteiger partial charge in [0.15, 0.2) is 0 Å². The van der Waals surface area contributed by atoms with E-state index in [1.807, 2.05) is 0 Å². The van der Waals surface area contributed by atoms with Crippen LogP contribution in [-0.2, 0) is 5.66 Å². The molecule has 0 fully saturated rings. The molecule has 0 aliphatic carbocycles. The summed E-state index contributed by atoms with van der Waals surface area (Å²) < 4.78 is 38.1. The molecule has 100 valence electrons. The Morgan fingerprint density at radius 3 is 2.32 bits per heavy atom. The number of nitrogens with zero attached hydrogens (tertiary/aromatic N) is 3. The number of nitro benzene ring substituents is 1. The molecule has 2 rings (SSSR count). The van der Waals surface area contributed by atoms with Crippen LogP contribution in [0.25, 0.3) is 0 Å². The molecule has 1 N–H and O–H groups in total. The van der Waals surface area contributed by atoms with Gasteiger partial charge in [-0.1, -0.05) is 6.07 Å². The van der Waals surface area contributed by atoms with Crippen molar-refractivity contribution >= 4 is 11.7 Å². The van der Waals surface area contributed by atoms with Gasteiger partial charge in [-0.2, -0.15) is 13.2 Å². The van der Waals surface area contributed by atoms with Crippen LogP contribution in [-0.4, -0.2) is 22.2 Å². The third-order valence-corrected chi connectivity index (χ3v) is 2.52. The van der Waals surface area contributed by atoms with Crippen molar-refractivity contribution in [1.82, 2.24) is 0 Å². The van der Waals surface area contributed by atoms with Gasteiger partial charge in [0, 0.05) is 11.6 Å². The van der Waals surface area contributed by atoms with E-state index in [4.69, 9.17) is 5.11 Å². The van der Waals surface area contributed by atoms with Crippen LogP contribution in [0.2, 0.25) is 0 Å². The number of carboxylic acids is 1. The topological polar surface area (TPSA) is 105 Å². The fourth-order valence-electron chi connectivity index (χ4n) is 1.52. The minimum Gasteiger partial charge on any atom is -0.477 e. The van der Waals surface area contributed by atoms with Gasteiger partial charge in [0.05, 0.1) is 4.92 Å². The maximum atomic E-state index is 12.7. The van der Waals surface area contributed by atoms with Crippen LogP contribution in [0.5, 0.6) is 0 Å².